The summed E-state index contributed by atoms with van der Waals surface area (Å²) >= 11 is 0. The first kappa shape index (κ1) is 14.4. The zero-order chi connectivity index (χ0) is 16.2. The van der Waals surface area contributed by atoms with Crippen LogP contribution in [0.15, 0.2) is 85.0 Å². The first-order valence-electron chi connectivity index (χ1n) is 7.87. The Bertz CT molecular complexity index is 834. The van der Waals surface area contributed by atoms with Crippen molar-refractivity contribution in [1.29, 1.82) is 0 Å². The quantitative estimate of drug-likeness (QED) is 0.695. The Morgan fingerprint density at radius 1 is 0.667 bits per heavy atom. The molecule has 0 unspecified atom stereocenters. The average molecular weight is 310 g/mol. The second-order valence-electron chi connectivity index (χ2n) is 5.44. The van der Waals surface area contributed by atoms with Gasteiger partial charge in [0.25, 0.3) is 7.41 Å². The third kappa shape index (κ3) is 2.97. The van der Waals surface area contributed by atoms with Gasteiger partial charge in [0.05, 0.1) is 0 Å². The van der Waals surface area contributed by atoms with E-state index in [2.05, 4.69) is 20.9 Å². The lowest BCUT2D eigenvalue weighted by molar-refractivity contribution is 1.04. The zero-order valence-corrected chi connectivity index (χ0v) is 13.1. The van der Waals surface area contributed by atoms with Crippen LogP contribution in [0.3, 0.4) is 0 Å². The van der Waals surface area contributed by atoms with Crippen LogP contribution in [-0.4, -0.2) is 22.4 Å². The van der Waals surface area contributed by atoms with E-state index in [1.807, 2.05) is 83.8 Å². The molecule has 0 fully saturated rings. The van der Waals surface area contributed by atoms with Gasteiger partial charge in [-0.3, -0.25) is 0 Å². The molecule has 2 heterocycles. The highest BCUT2D eigenvalue weighted by Crippen LogP contribution is 2.23. The van der Waals surface area contributed by atoms with E-state index in [1.54, 1.807) is 0 Å². The van der Waals surface area contributed by atoms with Crippen LogP contribution in [-0.2, 0) is 0 Å². The first-order chi connectivity index (χ1) is 11.9. The maximum Gasteiger partial charge on any atom is 0.271 e. The van der Waals surface area contributed by atoms with Gasteiger partial charge in [0.2, 0.25) is 5.95 Å². The number of hydrogen-bond donors (Lipinski definition) is 0. The highest BCUT2D eigenvalue weighted by Gasteiger charge is 2.14. The van der Waals surface area contributed by atoms with Gasteiger partial charge in [-0.25, -0.2) is 4.98 Å². The molecule has 1 aliphatic heterocycles. The Morgan fingerprint density at radius 2 is 1.25 bits per heavy atom. The molecule has 114 valence electrons. The van der Waals surface area contributed by atoms with Gasteiger partial charge in [0.1, 0.15) is 0 Å². The Hall–Kier alpha value is -3.21. The second kappa shape index (κ2) is 6.50. The van der Waals surface area contributed by atoms with Crippen LogP contribution in [0.2, 0.25) is 0 Å². The largest absolute Gasteiger partial charge is 0.361 e. The molecule has 0 amide bonds. The lowest BCUT2D eigenvalue weighted by Gasteiger charge is -2.19. The minimum absolute atomic E-state index is 0.656. The van der Waals surface area contributed by atoms with E-state index in [4.69, 9.17) is 0 Å². The Morgan fingerprint density at radius 3 is 1.75 bits per heavy atom. The summed E-state index contributed by atoms with van der Waals surface area (Å²) in [6.45, 7) is 0. The van der Waals surface area contributed by atoms with E-state index in [0.717, 1.165) is 18.5 Å². The number of rotatable bonds is 3. The molecule has 0 atom stereocenters. The predicted molar refractivity (Wildman–Crippen MR) is 98.6 cm³/mol. The number of allylic oxidation sites excluding steroid dienone is 2. The lowest BCUT2D eigenvalue weighted by atomic mass is 9.89. The van der Waals surface area contributed by atoms with Gasteiger partial charge < -0.3 is 4.81 Å². The van der Waals surface area contributed by atoms with Crippen molar-refractivity contribution in [3.05, 3.63) is 85.0 Å². The molecule has 0 saturated carbocycles. The molecule has 0 aliphatic carbocycles. The molecule has 0 spiro atoms. The smallest absolute Gasteiger partial charge is 0.271 e. The molecule has 1 aliphatic rings. The number of benzene rings is 2. The second-order valence-corrected chi connectivity index (χ2v) is 5.44. The first-order valence-corrected chi connectivity index (χ1v) is 7.87. The summed E-state index contributed by atoms with van der Waals surface area (Å²) in [5, 5.41) is 0. The minimum atomic E-state index is 0.656. The van der Waals surface area contributed by atoms with Gasteiger partial charge in [-0.1, -0.05) is 72.7 Å². The maximum absolute atomic E-state index is 4.68. The highest BCUT2D eigenvalue weighted by atomic mass is 15.2. The summed E-state index contributed by atoms with van der Waals surface area (Å²) < 4.78 is 0. The number of hydrogen-bond acceptors (Lipinski definition) is 4. The lowest BCUT2D eigenvalue weighted by Crippen LogP contribution is -2.24. The molecule has 5 heteroatoms. The SMILES string of the molecule is B1C=CC=CN1c1nc(-c2ccccc2)nc(-c2ccccc2)n1. The summed E-state index contributed by atoms with van der Waals surface area (Å²) in [5.74, 6) is 4.10. The van der Waals surface area contributed by atoms with Crippen LogP contribution in [0.5, 0.6) is 0 Å². The molecule has 0 saturated heterocycles. The van der Waals surface area contributed by atoms with Crippen LogP contribution < -0.4 is 4.81 Å². The van der Waals surface area contributed by atoms with Gasteiger partial charge in [-0.15, -0.1) is 0 Å². The van der Waals surface area contributed by atoms with E-state index >= 15 is 0 Å². The summed E-state index contributed by atoms with van der Waals surface area (Å²) in [6.07, 6.45) is 5.99. The molecule has 0 N–H and O–H groups in total. The van der Waals surface area contributed by atoms with Crippen LogP contribution in [0.1, 0.15) is 0 Å². The molecule has 2 aromatic carbocycles. The van der Waals surface area contributed by atoms with E-state index in [9.17, 15) is 0 Å². The molecule has 4 rings (SSSR count). The van der Waals surface area contributed by atoms with Gasteiger partial charge in [0.15, 0.2) is 11.6 Å². The van der Waals surface area contributed by atoms with Crippen molar-refractivity contribution >= 4 is 13.4 Å². The third-order valence-electron chi connectivity index (χ3n) is 3.76. The minimum Gasteiger partial charge on any atom is -0.361 e. The fraction of sp³-hybridized carbons (Fsp3) is 0. The molecule has 0 bridgehead atoms. The fourth-order valence-electron chi connectivity index (χ4n) is 2.54. The van der Waals surface area contributed by atoms with Crippen molar-refractivity contribution in [2.45, 2.75) is 0 Å². The Balaban J connectivity index is 1.85. The van der Waals surface area contributed by atoms with Crippen molar-refractivity contribution in [1.82, 2.24) is 15.0 Å². The summed E-state index contributed by atoms with van der Waals surface area (Å²) in [6, 6.07) is 20.0. The van der Waals surface area contributed by atoms with Crippen LogP contribution in [0.4, 0.5) is 5.95 Å². The van der Waals surface area contributed by atoms with Gasteiger partial charge in [0, 0.05) is 11.1 Å². The van der Waals surface area contributed by atoms with E-state index in [1.165, 1.54) is 0 Å². The monoisotopic (exact) mass is 310 g/mol. The summed E-state index contributed by atoms with van der Waals surface area (Å²) in [4.78, 5) is 16.0. The number of anilines is 1. The topological polar surface area (TPSA) is 41.9 Å². The molecule has 1 aromatic heterocycles. The highest BCUT2D eigenvalue weighted by molar-refractivity contribution is 6.48. The van der Waals surface area contributed by atoms with E-state index in [-0.39, 0.29) is 0 Å². The van der Waals surface area contributed by atoms with E-state index in [0.29, 0.717) is 17.6 Å². The molecule has 24 heavy (non-hydrogen) atoms. The molecule has 0 radical (unpaired) electrons. The summed E-state index contributed by atoms with van der Waals surface area (Å²) in [5.41, 5.74) is 1.96. The maximum atomic E-state index is 4.68. The van der Waals surface area contributed by atoms with Gasteiger partial charge >= 0.3 is 0 Å². The van der Waals surface area contributed by atoms with Crippen molar-refractivity contribution in [3.8, 4) is 22.8 Å². The van der Waals surface area contributed by atoms with Crippen LogP contribution in [0, 0.1) is 0 Å². The normalized spacial score (nSPS) is 12.9. The fourth-order valence-corrected chi connectivity index (χ4v) is 2.54. The van der Waals surface area contributed by atoms with Crippen LogP contribution in [0.25, 0.3) is 22.8 Å². The number of nitrogens with zero attached hydrogens (tertiary/aromatic N) is 4. The van der Waals surface area contributed by atoms with Crippen LogP contribution >= 0.6 is 0 Å². The average Bonchev–Trinajstić information content (AvgIpc) is 2.70. The molecular weight excluding hydrogens is 295 g/mol. The molecule has 3 aromatic rings. The van der Waals surface area contributed by atoms with Gasteiger partial charge in [-0.05, 0) is 12.3 Å². The Kier molecular flexibility index (Phi) is 3.90. The van der Waals surface area contributed by atoms with Crippen molar-refractivity contribution in [2.24, 2.45) is 0 Å². The summed E-state index contributed by atoms with van der Waals surface area (Å²) in [7, 11) is 0.753. The standard InChI is InChI=1S/C19H15BN4/c1-3-9-15(10-4-1)17-21-18(16-11-5-2-6-12-16)23-19(22-17)24-14-8-7-13-20-24/h1-14,20H. The van der Waals surface area contributed by atoms with Crippen molar-refractivity contribution in [3.63, 3.8) is 0 Å². The van der Waals surface area contributed by atoms with Gasteiger partial charge in [-0.2, -0.15) is 9.97 Å². The van der Waals surface area contributed by atoms with Crippen molar-refractivity contribution < 1.29 is 0 Å². The zero-order valence-electron chi connectivity index (χ0n) is 13.1. The molecule has 4 nitrogen and oxygen atoms in total. The predicted octanol–water partition coefficient (Wildman–Crippen LogP) is 3.40. The van der Waals surface area contributed by atoms with Crippen molar-refractivity contribution in [2.75, 3.05) is 4.81 Å². The third-order valence-corrected chi connectivity index (χ3v) is 3.76. The van der Waals surface area contributed by atoms with E-state index < -0.39 is 0 Å². The number of aromatic nitrogens is 3. The molecular formula is C19H15BN4. The Labute approximate surface area is 141 Å².